The smallest absolute Gasteiger partial charge is 0.352 e. The molecule has 0 bridgehead atoms. The van der Waals surface area contributed by atoms with Crippen LogP contribution in [0.25, 0.3) is 10.9 Å². The van der Waals surface area contributed by atoms with Gasteiger partial charge < -0.3 is 15.0 Å². The molecular formula is C23H20ClFN2O2S. The van der Waals surface area contributed by atoms with E-state index in [9.17, 15) is 14.3 Å². The Kier molecular flexibility index (Phi) is 5.90. The van der Waals surface area contributed by atoms with Crippen LogP contribution in [0.5, 0.6) is 0 Å². The molecule has 0 aliphatic rings. The lowest BCUT2D eigenvalue weighted by atomic mass is 10.1. The van der Waals surface area contributed by atoms with Crippen molar-refractivity contribution in [1.82, 2.24) is 9.88 Å². The molecule has 0 atom stereocenters. The van der Waals surface area contributed by atoms with Crippen LogP contribution < -0.4 is 5.32 Å². The molecule has 0 saturated carbocycles. The number of aromatic nitrogens is 1. The van der Waals surface area contributed by atoms with Gasteiger partial charge in [-0.3, -0.25) is 0 Å². The van der Waals surface area contributed by atoms with Crippen molar-refractivity contribution in [2.75, 3.05) is 0 Å². The first-order valence-electron chi connectivity index (χ1n) is 9.46. The monoisotopic (exact) mass is 442 g/mol. The van der Waals surface area contributed by atoms with Crippen molar-refractivity contribution in [3.63, 3.8) is 0 Å². The molecular weight excluding hydrogens is 423 g/mol. The minimum absolute atomic E-state index is 0.217. The Morgan fingerprint density at radius 3 is 2.73 bits per heavy atom. The summed E-state index contributed by atoms with van der Waals surface area (Å²) in [5.74, 6) is -1.43. The standard InChI is InChI=1S/C23H20ClFN2O2S/c1-14-4-7-18-19(12-26-11-17-3-2-8-30-17)22(23(28)29)27(21(18)9-14)13-15-5-6-16(25)10-20(15)24/h2-10,26H,11-13H2,1H3,(H,28,29). The summed E-state index contributed by atoms with van der Waals surface area (Å²) in [4.78, 5) is 13.5. The molecule has 0 amide bonds. The summed E-state index contributed by atoms with van der Waals surface area (Å²) < 4.78 is 15.2. The first-order valence-corrected chi connectivity index (χ1v) is 10.7. The minimum atomic E-state index is -1.00. The Morgan fingerprint density at radius 1 is 1.20 bits per heavy atom. The van der Waals surface area contributed by atoms with Crippen LogP contribution in [0.4, 0.5) is 4.39 Å². The van der Waals surface area contributed by atoms with Gasteiger partial charge in [-0.1, -0.05) is 35.9 Å². The summed E-state index contributed by atoms with van der Waals surface area (Å²) in [6.45, 7) is 3.30. The van der Waals surface area contributed by atoms with Gasteiger partial charge in [0, 0.05) is 46.0 Å². The molecule has 154 valence electrons. The lowest BCUT2D eigenvalue weighted by molar-refractivity contribution is 0.0684. The highest BCUT2D eigenvalue weighted by atomic mass is 35.5. The summed E-state index contributed by atoms with van der Waals surface area (Å²) in [5.41, 5.74) is 3.46. The third-order valence-electron chi connectivity index (χ3n) is 5.05. The lowest BCUT2D eigenvalue weighted by Gasteiger charge is -2.11. The fourth-order valence-electron chi connectivity index (χ4n) is 3.66. The second-order valence-electron chi connectivity index (χ2n) is 7.16. The Morgan fingerprint density at radius 2 is 2.03 bits per heavy atom. The number of aromatic carboxylic acids is 1. The van der Waals surface area contributed by atoms with Gasteiger partial charge in [0.25, 0.3) is 0 Å². The van der Waals surface area contributed by atoms with Crippen LogP contribution in [-0.4, -0.2) is 15.6 Å². The highest BCUT2D eigenvalue weighted by Gasteiger charge is 2.23. The molecule has 4 rings (SSSR count). The quantitative estimate of drug-likeness (QED) is 0.378. The summed E-state index contributed by atoms with van der Waals surface area (Å²) in [7, 11) is 0. The molecule has 2 N–H and O–H groups in total. The third kappa shape index (κ3) is 4.12. The summed E-state index contributed by atoms with van der Waals surface area (Å²) >= 11 is 7.88. The highest BCUT2D eigenvalue weighted by Crippen LogP contribution is 2.30. The van der Waals surface area contributed by atoms with E-state index in [1.807, 2.05) is 42.6 Å². The topological polar surface area (TPSA) is 54.3 Å². The van der Waals surface area contributed by atoms with E-state index in [4.69, 9.17) is 11.6 Å². The molecule has 2 aromatic carbocycles. The number of benzene rings is 2. The van der Waals surface area contributed by atoms with Gasteiger partial charge in [0.05, 0.1) is 0 Å². The van der Waals surface area contributed by atoms with Crippen LogP contribution in [0, 0.1) is 12.7 Å². The van der Waals surface area contributed by atoms with Crippen molar-refractivity contribution in [3.8, 4) is 0 Å². The second-order valence-corrected chi connectivity index (χ2v) is 8.60. The third-order valence-corrected chi connectivity index (χ3v) is 6.28. The van der Waals surface area contributed by atoms with Crippen molar-refractivity contribution in [2.45, 2.75) is 26.6 Å². The van der Waals surface area contributed by atoms with Crippen molar-refractivity contribution >= 4 is 39.8 Å². The number of carbonyl (C=O) groups is 1. The van der Waals surface area contributed by atoms with E-state index in [1.165, 1.54) is 17.0 Å². The van der Waals surface area contributed by atoms with Gasteiger partial charge in [-0.2, -0.15) is 0 Å². The van der Waals surface area contributed by atoms with Crippen molar-refractivity contribution in [2.24, 2.45) is 0 Å². The van der Waals surface area contributed by atoms with Crippen LogP contribution >= 0.6 is 22.9 Å². The molecule has 7 heteroatoms. The second kappa shape index (κ2) is 8.60. The average Bonchev–Trinajstić information content (AvgIpc) is 3.31. The van der Waals surface area contributed by atoms with Crippen molar-refractivity contribution in [1.29, 1.82) is 0 Å². The van der Waals surface area contributed by atoms with Crippen LogP contribution in [-0.2, 0) is 19.6 Å². The van der Waals surface area contributed by atoms with E-state index in [0.29, 0.717) is 18.7 Å². The zero-order valence-corrected chi connectivity index (χ0v) is 17.9. The number of hydrogen-bond donors (Lipinski definition) is 2. The number of rotatable bonds is 7. The number of fused-ring (bicyclic) bond motifs is 1. The average molecular weight is 443 g/mol. The normalized spacial score (nSPS) is 11.3. The molecule has 0 fully saturated rings. The molecule has 0 spiro atoms. The molecule has 0 saturated heterocycles. The zero-order chi connectivity index (χ0) is 21.3. The van der Waals surface area contributed by atoms with Gasteiger partial charge in [0.15, 0.2) is 0 Å². The fourth-order valence-corrected chi connectivity index (χ4v) is 4.56. The largest absolute Gasteiger partial charge is 0.477 e. The number of carboxylic acids is 1. The van der Waals surface area contributed by atoms with Gasteiger partial charge in [0.1, 0.15) is 11.5 Å². The Bertz CT molecular complexity index is 1220. The number of thiophene rings is 1. The lowest BCUT2D eigenvalue weighted by Crippen LogP contribution is -2.17. The first-order chi connectivity index (χ1) is 14.4. The molecule has 2 heterocycles. The van der Waals surface area contributed by atoms with Crippen molar-refractivity contribution < 1.29 is 14.3 Å². The maximum Gasteiger partial charge on any atom is 0.352 e. The first kappa shape index (κ1) is 20.6. The number of carboxylic acid groups (broad SMARTS) is 1. The van der Waals surface area contributed by atoms with E-state index in [2.05, 4.69) is 5.32 Å². The molecule has 0 aliphatic carbocycles. The summed E-state index contributed by atoms with van der Waals surface area (Å²) in [5, 5.41) is 16.6. The molecule has 4 aromatic rings. The predicted molar refractivity (Wildman–Crippen MR) is 119 cm³/mol. The number of halogens is 2. The Hall–Kier alpha value is -2.67. The number of hydrogen-bond acceptors (Lipinski definition) is 3. The molecule has 0 unspecified atom stereocenters. The minimum Gasteiger partial charge on any atom is -0.477 e. The van der Waals surface area contributed by atoms with Crippen LogP contribution in [0.3, 0.4) is 0 Å². The SMILES string of the molecule is Cc1ccc2c(CNCc3cccs3)c(C(=O)O)n(Cc3ccc(F)cc3Cl)c2c1. The molecule has 2 aromatic heterocycles. The zero-order valence-electron chi connectivity index (χ0n) is 16.3. The number of aryl methyl sites for hydroxylation is 1. The van der Waals surface area contributed by atoms with E-state index in [-0.39, 0.29) is 17.3 Å². The predicted octanol–water partition coefficient (Wildman–Crippen LogP) is 5.84. The van der Waals surface area contributed by atoms with Crippen LogP contribution in [0.1, 0.15) is 32.1 Å². The van der Waals surface area contributed by atoms with Gasteiger partial charge >= 0.3 is 5.97 Å². The van der Waals surface area contributed by atoms with E-state index in [0.717, 1.165) is 22.0 Å². The van der Waals surface area contributed by atoms with Crippen molar-refractivity contribution in [3.05, 3.63) is 92.0 Å². The van der Waals surface area contributed by atoms with E-state index >= 15 is 0 Å². The Labute approximate surface area is 182 Å². The van der Waals surface area contributed by atoms with E-state index in [1.54, 1.807) is 22.0 Å². The molecule has 0 aliphatic heterocycles. The fraction of sp³-hybridized carbons (Fsp3) is 0.174. The molecule has 30 heavy (non-hydrogen) atoms. The summed E-state index contributed by atoms with van der Waals surface area (Å²) in [6, 6.07) is 14.1. The van der Waals surface area contributed by atoms with Gasteiger partial charge in [-0.15, -0.1) is 11.3 Å². The summed E-state index contributed by atoms with van der Waals surface area (Å²) in [6.07, 6.45) is 0. The maximum atomic E-state index is 13.5. The van der Waals surface area contributed by atoms with Gasteiger partial charge in [-0.05, 0) is 47.7 Å². The number of nitrogens with zero attached hydrogens (tertiary/aromatic N) is 1. The highest BCUT2D eigenvalue weighted by molar-refractivity contribution is 7.09. The number of nitrogens with one attached hydrogen (secondary N) is 1. The molecule has 4 nitrogen and oxygen atoms in total. The molecule has 0 radical (unpaired) electrons. The maximum absolute atomic E-state index is 13.5. The van der Waals surface area contributed by atoms with Crippen LogP contribution in [0.2, 0.25) is 5.02 Å². The van der Waals surface area contributed by atoms with Gasteiger partial charge in [0.2, 0.25) is 0 Å². The van der Waals surface area contributed by atoms with Gasteiger partial charge in [-0.25, -0.2) is 9.18 Å². The Balaban J connectivity index is 1.78. The van der Waals surface area contributed by atoms with E-state index < -0.39 is 11.8 Å². The van der Waals surface area contributed by atoms with Crippen LogP contribution in [0.15, 0.2) is 53.9 Å².